The first kappa shape index (κ1) is 10.2. The van der Waals surface area contributed by atoms with Crippen molar-refractivity contribution in [2.45, 2.75) is 44.2 Å². The number of hydrogen-bond donors (Lipinski definition) is 2. The maximum Gasteiger partial charge on any atom is 0.0389 e. The first-order valence-corrected chi connectivity index (χ1v) is 6.49. The van der Waals surface area contributed by atoms with Gasteiger partial charge in [0.25, 0.3) is 0 Å². The molecule has 2 aliphatic rings. The second-order valence-corrected chi connectivity index (χ2v) is 5.07. The van der Waals surface area contributed by atoms with E-state index in [1.807, 2.05) is 0 Å². The van der Waals surface area contributed by atoms with Crippen molar-refractivity contribution in [3.05, 3.63) is 29.8 Å². The number of rotatable bonds is 3. The lowest BCUT2D eigenvalue weighted by Crippen LogP contribution is -2.43. The van der Waals surface area contributed by atoms with Crippen LogP contribution in [0, 0.1) is 0 Å². The average molecular weight is 216 g/mol. The van der Waals surface area contributed by atoms with Gasteiger partial charge in [0.05, 0.1) is 0 Å². The molecule has 2 N–H and O–H groups in total. The van der Waals surface area contributed by atoms with Gasteiger partial charge in [0.2, 0.25) is 0 Å². The molecule has 1 heterocycles. The number of nitrogens with one attached hydrogen (secondary N) is 2. The maximum atomic E-state index is 3.66. The van der Waals surface area contributed by atoms with E-state index in [1.54, 1.807) is 0 Å². The molecule has 1 fully saturated rings. The van der Waals surface area contributed by atoms with E-state index in [0.717, 1.165) is 12.6 Å². The zero-order valence-electron chi connectivity index (χ0n) is 9.71. The van der Waals surface area contributed by atoms with Crippen molar-refractivity contribution in [3.8, 4) is 0 Å². The molecule has 1 aliphatic heterocycles. The van der Waals surface area contributed by atoms with Crippen LogP contribution in [-0.4, -0.2) is 18.6 Å². The first-order valence-electron chi connectivity index (χ1n) is 6.49. The third-order valence-corrected chi connectivity index (χ3v) is 3.90. The number of benzene rings is 1. The van der Waals surface area contributed by atoms with Crippen LogP contribution in [0.25, 0.3) is 0 Å². The molecular formula is C14H20N2. The standard InChI is InChI=1S/C14H20N2/c1-2-7-14-11(4-1)8-9-13(16-14)10-15-12-5-3-6-12/h1-2,4,7,12-13,15-16H,3,5-6,8-10H2. The molecule has 0 spiro atoms. The van der Waals surface area contributed by atoms with Crippen LogP contribution in [0.3, 0.4) is 0 Å². The summed E-state index contributed by atoms with van der Waals surface area (Å²) in [7, 11) is 0. The number of aryl methyl sites for hydroxylation is 1. The van der Waals surface area contributed by atoms with Crippen LogP contribution in [0.15, 0.2) is 24.3 Å². The fourth-order valence-electron chi connectivity index (χ4n) is 2.58. The third kappa shape index (κ3) is 2.07. The Labute approximate surface area is 97.4 Å². The third-order valence-electron chi connectivity index (χ3n) is 3.90. The molecule has 1 atom stereocenters. The quantitative estimate of drug-likeness (QED) is 0.811. The lowest BCUT2D eigenvalue weighted by molar-refractivity contribution is 0.332. The van der Waals surface area contributed by atoms with Crippen molar-refractivity contribution in [2.75, 3.05) is 11.9 Å². The largest absolute Gasteiger partial charge is 0.381 e. The van der Waals surface area contributed by atoms with E-state index in [1.165, 1.54) is 43.4 Å². The lowest BCUT2D eigenvalue weighted by Gasteiger charge is -2.32. The number of fused-ring (bicyclic) bond motifs is 1. The summed E-state index contributed by atoms with van der Waals surface area (Å²) in [5, 5.41) is 7.30. The molecule has 86 valence electrons. The van der Waals surface area contributed by atoms with Gasteiger partial charge in [-0.3, -0.25) is 0 Å². The summed E-state index contributed by atoms with van der Waals surface area (Å²) in [4.78, 5) is 0. The molecule has 0 radical (unpaired) electrons. The highest BCUT2D eigenvalue weighted by Crippen LogP contribution is 2.24. The fourth-order valence-corrected chi connectivity index (χ4v) is 2.58. The van der Waals surface area contributed by atoms with Crippen molar-refractivity contribution < 1.29 is 0 Å². The Bertz CT molecular complexity index is 358. The van der Waals surface area contributed by atoms with Gasteiger partial charge < -0.3 is 10.6 Å². The molecule has 1 saturated carbocycles. The number of para-hydroxylation sites is 1. The molecule has 1 aliphatic carbocycles. The molecular weight excluding hydrogens is 196 g/mol. The Morgan fingerprint density at radius 1 is 1.19 bits per heavy atom. The Hall–Kier alpha value is -1.02. The zero-order chi connectivity index (χ0) is 10.8. The van der Waals surface area contributed by atoms with Gasteiger partial charge in [0, 0.05) is 24.3 Å². The predicted molar refractivity (Wildman–Crippen MR) is 67.8 cm³/mol. The second-order valence-electron chi connectivity index (χ2n) is 5.07. The molecule has 1 aromatic rings. The van der Waals surface area contributed by atoms with Gasteiger partial charge in [-0.25, -0.2) is 0 Å². The van der Waals surface area contributed by atoms with Crippen LogP contribution >= 0.6 is 0 Å². The number of hydrogen-bond acceptors (Lipinski definition) is 2. The van der Waals surface area contributed by atoms with E-state index in [4.69, 9.17) is 0 Å². The van der Waals surface area contributed by atoms with Crippen molar-refractivity contribution in [3.63, 3.8) is 0 Å². The predicted octanol–water partition coefficient (Wildman–Crippen LogP) is 2.56. The van der Waals surface area contributed by atoms with Crippen LogP contribution in [0.1, 0.15) is 31.2 Å². The molecule has 16 heavy (non-hydrogen) atoms. The van der Waals surface area contributed by atoms with Gasteiger partial charge in [0.15, 0.2) is 0 Å². The average Bonchev–Trinajstić information content (AvgIpc) is 2.27. The SMILES string of the molecule is c1ccc2c(c1)CCC(CNC1CCC1)N2. The lowest BCUT2D eigenvalue weighted by atomic mass is 9.92. The molecule has 2 nitrogen and oxygen atoms in total. The van der Waals surface area contributed by atoms with Gasteiger partial charge in [-0.15, -0.1) is 0 Å². The van der Waals surface area contributed by atoms with Crippen LogP contribution in [0.2, 0.25) is 0 Å². The summed E-state index contributed by atoms with van der Waals surface area (Å²) >= 11 is 0. The Kier molecular flexibility index (Phi) is 2.83. The summed E-state index contributed by atoms with van der Waals surface area (Å²) in [5.74, 6) is 0. The van der Waals surface area contributed by atoms with Crippen LogP contribution in [-0.2, 0) is 6.42 Å². The minimum Gasteiger partial charge on any atom is -0.381 e. The molecule has 0 bridgehead atoms. The van der Waals surface area contributed by atoms with Crippen LogP contribution in [0.4, 0.5) is 5.69 Å². The monoisotopic (exact) mass is 216 g/mol. The van der Waals surface area contributed by atoms with Gasteiger partial charge >= 0.3 is 0 Å². The van der Waals surface area contributed by atoms with Gasteiger partial charge in [-0.1, -0.05) is 24.6 Å². The molecule has 1 unspecified atom stereocenters. The topological polar surface area (TPSA) is 24.1 Å². The molecule has 0 amide bonds. The minimum atomic E-state index is 0.621. The Morgan fingerprint density at radius 2 is 2.06 bits per heavy atom. The van der Waals surface area contributed by atoms with Crippen molar-refractivity contribution in [1.82, 2.24) is 5.32 Å². The van der Waals surface area contributed by atoms with E-state index in [9.17, 15) is 0 Å². The number of anilines is 1. The van der Waals surface area contributed by atoms with Gasteiger partial charge in [-0.05, 0) is 37.3 Å². The van der Waals surface area contributed by atoms with E-state index in [2.05, 4.69) is 34.9 Å². The van der Waals surface area contributed by atoms with Crippen LogP contribution in [0.5, 0.6) is 0 Å². The highest BCUT2D eigenvalue weighted by atomic mass is 15.0. The van der Waals surface area contributed by atoms with Crippen LogP contribution < -0.4 is 10.6 Å². The smallest absolute Gasteiger partial charge is 0.0389 e. The molecule has 1 aromatic carbocycles. The van der Waals surface area contributed by atoms with E-state index >= 15 is 0 Å². The highest BCUT2D eigenvalue weighted by molar-refractivity contribution is 5.53. The van der Waals surface area contributed by atoms with E-state index < -0.39 is 0 Å². The van der Waals surface area contributed by atoms with Crippen molar-refractivity contribution in [1.29, 1.82) is 0 Å². The summed E-state index contributed by atoms with van der Waals surface area (Å²) < 4.78 is 0. The maximum absolute atomic E-state index is 3.66. The minimum absolute atomic E-state index is 0.621. The summed E-state index contributed by atoms with van der Waals surface area (Å²) in [5.41, 5.74) is 2.82. The first-order chi connectivity index (χ1) is 7.92. The van der Waals surface area contributed by atoms with Gasteiger partial charge in [0.1, 0.15) is 0 Å². The summed E-state index contributed by atoms with van der Waals surface area (Å²) in [6.45, 7) is 1.12. The summed E-state index contributed by atoms with van der Waals surface area (Å²) in [6.07, 6.45) is 6.65. The van der Waals surface area contributed by atoms with Crippen molar-refractivity contribution in [2.24, 2.45) is 0 Å². The molecule has 0 aromatic heterocycles. The van der Waals surface area contributed by atoms with Gasteiger partial charge in [-0.2, -0.15) is 0 Å². The highest BCUT2D eigenvalue weighted by Gasteiger charge is 2.20. The summed E-state index contributed by atoms with van der Waals surface area (Å²) in [6, 6.07) is 10.1. The zero-order valence-corrected chi connectivity index (χ0v) is 9.71. The molecule has 0 saturated heterocycles. The van der Waals surface area contributed by atoms with E-state index in [-0.39, 0.29) is 0 Å². The Morgan fingerprint density at radius 3 is 2.88 bits per heavy atom. The molecule has 3 rings (SSSR count). The second kappa shape index (κ2) is 4.46. The van der Waals surface area contributed by atoms with Crippen molar-refractivity contribution >= 4 is 5.69 Å². The normalized spacial score (nSPS) is 24.4. The molecule has 2 heteroatoms. The fraction of sp³-hybridized carbons (Fsp3) is 0.571. The van der Waals surface area contributed by atoms with E-state index in [0.29, 0.717) is 6.04 Å². The Balaban J connectivity index is 1.55.